The number of aryl methyl sites for hydroxylation is 1. The second kappa shape index (κ2) is 4.96. The molecule has 1 aromatic rings. The Morgan fingerprint density at radius 1 is 1.28 bits per heavy atom. The second-order valence-corrected chi connectivity index (χ2v) is 5.09. The molecule has 0 unspecified atom stereocenters. The molecule has 98 valence electrons. The molecule has 18 heavy (non-hydrogen) atoms. The number of carboxylic acids is 1. The number of pyridine rings is 1. The Bertz CT molecular complexity index is 525. The van der Waals surface area contributed by atoms with E-state index in [4.69, 9.17) is 0 Å². The zero-order valence-corrected chi connectivity index (χ0v) is 10.9. The van der Waals surface area contributed by atoms with E-state index in [1.54, 1.807) is 18.4 Å². The molecule has 1 aliphatic carbocycles. The molecule has 1 heterocycles. The summed E-state index contributed by atoms with van der Waals surface area (Å²) in [6, 6.07) is 1.62. The van der Waals surface area contributed by atoms with E-state index in [9.17, 15) is 14.7 Å². The van der Waals surface area contributed by atoms with E-state index >= 15 is 0 Å². The quantitative estimate of drug-likeness (QED) is 0.876. The van der Waals surface area contributed by atoms with Gasteiger partial charge in [-0.1, -0.05) is 19.3 Å². The summed E-state index contributed by atoms with van der Waals surface area (Å²) in [7, 11) is 0. The monoisotopic (exact) mass is 249 g/mol. The highest BCUT2D eigenvalue weighted by Gasteiger charge is 2.22. The van der Waals surface area contributed by atoms with Gasteiger partial charge in [-0.2, -0.15) is 0 Å². The maximum Gasteiger partial charge on any atom is 0.337 e. The van der Waals surface area contributed by atoms with Crippen LogP contribution in [0.4, 0.5) is 0 Å². The summed E-state index contributed by atoms with van der Waals surface area (Å²) in [5, 5.41) is 9.24. The van der Waals surface area contributed by atoms with E-state index < -0.39 is 5.97 Å². The summed E-state index contributed by atoms with van der Waals surface area (Å²) < 4.78 is 1.69. The first-order chi connectivity index (χ1) is 8.52. The molecular formula is C14H19NO3. The number of aromatic nitrogens is 1. The molecule has 1 aliphatic rings. The van der Waals surface area contributed by atoms with Crippen molar-refractivity contribution in [1.82, 2.24) is 4.57 Å². The lowest BCUT2D eigenvalue weighted by Gasteiger charge is -2.26. The van der Waals surface area contributed by atoms with E-state index in [0.717, 1.165) is 25.7 Å². The van der Waals surface area contributed by atoms with E-state index in [1.165, 1.54) is 12.5 Å². The highest BCUT2D eigenvalue weighted by Crippen LogP contribution is 2.28. The molecule has 1 fully saturated rings. The minimum Gasteiger partial charge on any atom is -0.478 e. The normalized spacial score (nSPS) is 16.8. The van der Waals surface area contributed by atoms with Crippen LogP contribution < -0.4 is 5.56 Å². The molecule has 0 spiro atoms. The standard InChI is InChI=1S/C14H19NO3/c1-9-8-12(16)15(10(2)13(9)14(17)18)11-6-4-3-5-7-11/h8,11H,3-7H2,1-2H3,(H,17,18). The van der Waals surface area contributed by atoms with Crippen molar-refractivity contribution in [2.75, 3.05) is 0 Å². The summed E-state index contributed by atoms with van der Waals surface area (Å²) in [6.45, 7) is 3.43. The van der Waals surface area contributed by atoms with Gasteiger partial charge in [-0.25, -0.2) is 4.79 Å². The molecule has 4 nitrogen and oxygen atoms in total. The third kappa shape index (κ3) is 2.19. The van der Waals surface area contributed by atoms with E-state index in [1.807, 2.05) is 0 Å². The lowest BCUT2D eigenvalue weighted by Crippen LogP contribution is -2.30. The summed E-state index contributed by atoms with van der Waals surface area (Å²) in [6.07, 6.45) is 5.40. The molecule has 0 bridgehead atoms. The van der Waals surface area contributed by atoms with Gasteiger partial charge in [-0.15, -0.1) is 0 Å². The first-order valence-electron chi connectivity index (χ1n) is 6.48. The molecule has 0 atom stereocenters. The Hall–Kier alpha value is -1.58. The van der Waals surface area contributed by atoms with E-state index in [0.29, 0.717) is 11.3 Å². The van der Waals surface area contributed by atoms with Crippen LogP contribution in [0.25, 0.3) is 0 Å². The van der Waals surface area contributed by atoms with Crippen LogP contribution in [0.3, 0.4) is 0 Å². The lowest BCUT2D eigenvalue weighted by atomic mass is 9.94. The van der Waals surface area contributed by atoms with Gasteiger partial charge >= 0.3 is 5.97 Å². The minimum absolute atomic E-state index is 0.0677. The topological polar surface area (TPSA) is 59.3 Å². The summed E-state index contributed by atoms with van der Waals surface area (Å²) in [5.74, 6) is -0.949. The first kappa shape index (κ1) is 12.9. The number of carbonyl (C=O) groups is 1. The van der Waals surface area contributed by atoms with Gasteiger partial charge in [0.2, 0.25) is 0 Å². The largest absolute Gasteiger partial charge is 0.478 e. The zero-order valence-electron chi connectivity index (χ0n) is 10.9. The molecule has 0 amide bonds. The van der Waals surface area contributed by atoms with Gasteiger partial charge in [0.15, 0.2) is 0 Å². The molecule has 2 rings (SSSR count). The maximum absolute atomic E-state index is 12.1. The van der Waals surface area contributed by atoms with Crippen LogP contribution in [0.5, 0.6) is 0 Å². The van der Waals surface area contributed by atoms with E-state index in [-0.39, 0.29) is 17.2 Å². The van der Waals surface area contributed by atoms with Crippen molar-refractivity contribution < 1.29 is 9.90 Å². The van der Waals surface area contributed by atoms with Crippen molar-refractivity contribution in [3.63, 3.8) is 0 Å². The molecule has 1 saturated carbocycles. The molecule has 1 aromatic heterocycles. The van der Waals surface area contributed by atoms with Crippen molar-refractivity contribution >= 4 is 5.97 Å². The van der Waals surface area contributed by atoms with Crippen molar-refractivity contribution in [3.05, 3.63) is 33.2 Å². The lowest BCUT2D eigenvalue weighted by molar-refractivity contribution is 0.0693. The molecule has 0 aromatic carbocycles. The zero-order chi connectivity index (χ0) is 13.3. The fraction of sp³-hybridized carbons (Fsp3) is 0.571. The summed E-state index contributed by atoms with van der Waals surface area (Å²) >= 11 is 0. The number of hydrogen-bond donors (Lipinski definition) is 1. The van der Waals surface area contributed by atoms with Crippen LogP contribution in [0.1, 0.15) is 59.8 Å². The predicted molar refractivity (Wildman–Crippen MR) is 69.3 cm³/mol. The van der Waals surface area contributed by atoms with Gasteiger partial charge < -0.3 is 9.67 Å². The summed E-state index contributed by atoms with van der Waals surface area (Å²) in [5.41, 5.74) is 1.36. The van der Waals surface area contributed by atoms with Crippen LogP contribution in [0, 0.1) is 13.8 Å². The second-order valence-electron chi connectivity index (χ2n) is 5.09. The van der Waals surface area contributed by atoms with Gasteiger partial charge in [-0.05, 0) is 32.3 Å². The molecule has 4 heteroatoms. The highest BCUT2D eigenvalue weighted by molar-refractivity contribution is 5.90. The number of nitrogens with zero attached hydrogens (tertiary/aromatic N) is 1. The Morgan fingerprint density at radius 3 is 2.44 bits per heavy atom. The SMILES string of the molecule is Cc1cc(=O)n(C2CCCCC2)c(C)c1C(=O)O. The van der Waals surface area contributed by atoms with E-state index in [2.05, 4.69) is 0 Å². The number of hydrogen-bond acceptors (Lipinski definition) is 2. The van der Waals surface area contributed by atoms with Crippen molar-refractivity contribution in [2.24, 2.45) is 0 Å². The average Bonchev–Trinajstić information content (AvgIpc) is 2.28. The highest BCUT2D eigenvalue weighted by atomic mass is 16.4. The number of carboxylic acid groups (broad SMARTS) is 1. The molecular weight excluding hydrogens is 230 g/mol. The first-order valence-corrected chi connectivity index (χ1v) is 6.48. The molecule has 1 N–H and O–H groups in total. The Morgan fingerprint density at radius 2 is 1.89 bits per heavy atom. The van der Waals surface area contributed by atoms with Gasteiger partial charge in [0, 0.05) is 17.8 Å². The number of rotatable bonds is 2. The summed E-state index contributed by atoms with van der Waals surface area (Å²) in [4.78, 5) is 23.4. The van der Waals surface area contributed by atoms with Crippen LogP contribution in [-0.4, -0.2) is 15.6 Å². The van der Waals surface area contributed by atoms with Crippen LogP contribution >= 0.6 is 0 Å². The predicted octanol–water partition coefficient (Wildman–Crippen LogP) is 2.67. The van der Waals surface area contributed by atoms with Gasteiger partial charge in [0.05, 0.1) is 5.56 Å². The maximum atomic E-state index is 12.1. The average molecular weight is 249 g/mol. The third-order valence-electron chi connectivity index (χ3n) is 3.85. The minimum atomic E-state index is -0.949. The fourth-order valence-electron chi connectivity index (χ4n) is 3.01. The van der Waals surface area contributed by atoms with Crippen molar-refractivity contribution in [3.8, 4) is 0 Å². The van der Waals surface area contributed by atoms with Crippen LogP contribution in [0.15, 0.2) is 10.9 Å². The Balaban J connectivity index is 2.56. The molecule has 0 radical (unpaired) electrons. The van der Waals surface area contributed by atoms with Gasteiger partial charge in [-0.3, -0.25) is 4.79 Å². The smallest absolute Gasteiger partial charge is 0.337 e. The molecule has 0 saturated heterocycles. The third-order valence-corrected chi connectivity index (χ3v) is 3.85. The van der Waals surface area contributed by atoms with Crippen LogP contribution in [-0.2, 0) is 0 Å². The Labute approximate surface area is 106 Å². The molecule has 0 aliphatic heterocycles. The van der Waals surface area contributed by atoms with Crippen LogP contribution in [0.2, 0.25) is 0 Å². The fourth-order valence-corrected chi connectivity index (χ4v) is 3.01. The van der Waals surface area contributed by atoms with Gasteiger partial charge in [0.25, 0.3) is 5.56 Å². The number of aromatic carboxylic acids is 1. The van der Waals surface area contributed by atoms with Crippen molar-refractivity contribution in [1.29, 1.82) is 0 Å². The Kier molecular flexibility index (Phi) is 3.55. The van der Waals surface area contributed by atoms with Crippen molar-refractivity contribution in [2.45, 2.75) is 52.0 Å². The van der Waals surface area contributed by atoms with Gasteiger partial charge in [0.1, 0.15) is 0 Å².